The van der Waals surface area contributed by atoms with Gasteiger partial charge in [0.15, 0.2) is 0 Å². The number of ketones is 2. The Morgan fingerprint density at radius 1 is 0.760 bits per heavy atom. The number of nitrogens with zero attached hydrogens (tertiary/aromatic N) is 2. The highest BCUT2D eigenvalue weighted by molar-refractivity contribution is 5.89. The Hall–Kier alpha value is -4.42. The van der Waals surface area contributed by atoms with E-state index >= 15 is 0 Å². The second-order valence-corrected chi connectivity index (χ2v) is 15.2. The van der Waals surface area contributed by atoms with Gasteiger partial charge in [0.2, 0.25) is 0 Å². The van der Waals surface area contributed by atoms with Crippen LogP contribution in [-0.4, -0.2) is 21.5 Å². The number of Topliss-reactive ketones (excluding diaryl/α,β-unsaturated/α-hetero) is 2. The van der Waals surface area contributed by atoms with Crippen LogP contribution in [0.5, 0.6) is 0 Å². The lowest BCUT2D eigenvalue weighted by atomic mass is 9.74. The summed E-state index contributed by atoms with van der Waals surface area (Å²) < 4.78 is 27.5. The van der Waals surface area contributed by atoms with Crippen molar-refractivity contribution in [2.45, 2.75) is 99.8 Å². The van der Waals surface area contributed by atoms with E-state index in [0.29, 0.717) is 54.5 Å². The third-order valence-electron chi connectivity index (χ3n) is 9.25. The second-order valence-electron chi connectivity index (χ2n) is 15.2. The van der Waals surface area contributed by atoms with Crippen molar-refractivity contribution >= 4 is 33.4 Å². The number of benzene rings is 2. The molecule has 0 spiro atoms. The molecule has 4 aromatic rings. The molecule has 2 aromatic heterocycles. The minimum Gasteiger partial charge on any atom is -0.299 e. The summed E-state index contributed by atoms with van der Waals surface area (Å²) in [6.07, 6.45) is 9.02. The van der Waals surface area contributed by atoms with Gasteiger partial charge in [0.1, 0.15) is 34.2 Å². The maximum Gasteiger partial charge on any atom is 0.149 e. The van der Waals surface area contributed by atoms with Gasteiger partial charge in [-0.15, -0.1) is 17.8 Å². The Labute approximate surface area is 296 Å². The van der Waals surface area contributed by atoms with E-state index in [1.165, 1.54) is 25.0 Å². The topological polar surface area (TPSA) is 59.9 Å². The predicted octanol–water partition coefficient (Wildman–Crippen LogP) is 10.3. The van der Waals surface area contributed by atoms with E-state index in [-0.39, 0.29) is 23.2 Å². The fourth-order valence-electron chi connectivity index (χ4n) is 6.60. The Kier molecular flexibility index (Phi) is 13.0. The Balaban J connectivity index is 0.000000226. The number of carbonyl (C=O) groups is 2. The van der Waals surface area contributed by atoms with Crippen LogP contribution in [-0.2, 0) is 22.4 Å². The molecule has 2 unspecified atom stereocenters. The number of aromatic nitrogens is 2. The average Bonchev–Trinajstić information content (AvgIpc) is 3.88. The van der Waals surface area contributed by atoms with Crippen LogP contribution in [0, 0.1) is 63.9 Å². The van der Waals surface area contributed by atoms with Crippen molar-refractivity contribution in [3.05, 3.63) is 83.7 Å². The van der Waals surface area contributed by atoms with Crippen molar-refractivity contribution in [2.24, 2.45) is 28.6 Å². The van der Waals surface area contributed by atoms with Gasteiger partial charge in [-0.05, 0) is 79.8 Å². The number of hydrogen-bond donors (Lipinski definition) is 0. The van der Waals surface area contributed by atoms with Crippen molar-refractivity contribution in [2.75, 3.05) is 0 Å². The van der Waals surface area contributed by atoms with Crippen LogP contribution in [0.15, 0.2) is 60.9 Å². The normalized spacial score (nSPS) is 14.9. The summed E-state index contributed by atoms with van der Waals surface area (Å²) >= 11 is 0. The lowest BCUT2D eigenvalue weighted by Crippen LogP contribution is -2.30. The van der Waals surface area contributed by atoms with E-state index in [1.807, 2.05) is 38.1 Å². The number of pyridine rings is 2. The standard InChI is InChI=1S/C23H26FNO.C21H24FNO/c1-16(2)14-23(3,11-5-6-17-9-10-17)21(26)13-18-12-19-7-4-8-20(24)22(19)25-15-18;1-5-6-10-21(4,13-15(2)3)19(24)12-16-11-17-8-7-9-18(22)20(17)23-14-16/h4,7-8,12,15-17H,9-11,13-14H2,1-3H3;7-9,11,14-15H,10,12-13H2,1-4H3. The molecule has 0 N–H and O–H groups in total. The molecule has 1 aliphatic rings. The highest BCUT2D eigenvalue weighted by Gasteiger charge is 2.34. The lowest BCUT2D eigenvalue weighted by molar-refractivity contribution is -0.128. The summed E-state index contributed by atoms with van der Waals surface area (Å²) in [7, 11) is 0. The molecule has 0 saturated heterocycles. The lowest BCUT2D eigenvalue weighted by Gasteiger charge is -2.28. The number of hydrogen-bond acceptors (Lipinski definition) is 4. The zero-order chi connectivity index (χ0) is 36.5. The van der Waals surface area contributed by atoms with Crippen LogP contribution in [0.2, 0.25) is 0 Å². The van der Waals surface area contributed by atoms with Crippen molar-refractivity contribution in [3.63, 3.8) is 0 Å². The molecule has 2 heterocycles. The van der Waals surface area contributed by atoms with Gasteiger partial charge in [0.25, 0.3) is 0 Å². The average molecular weight is 677 g/mol. The number of rotatable bonds is 12. The molecule has 5 rings (SSSR count). The van der Waals surface area contributed by atoms with Gasteiger partial charge in [-0.25, -0.2) is 8.78 Å². The summed E-state index contributed by atoms with van der Waals surface area (Å²) in [6.45, 7) is 14.3. The predicted molar refractivity (Wildman–Crippen MR) is 199 cm³/mol. The first-order chi connectivity index (χ1) is 23.7. The molecule has 1 saturated carbocycles. The smallest absolute Gasteiger partial charge is 0.149 e. The quantitative estimate of drug-likeness (QED) is 0.140. The summed E-state index contributed by atoms with van der Waals surface area (Å²) in [5, 5.41) is 1.45. The molecule has 1 aliphatic carbocycles. The van der Waals surface area contributed by atoms with E-state index in [4.69, 9.17) is 0 Å². The fraction of sp³-hybridized carbons (Fsp3) is 0.455. The highest BCUT2D eigenvalue weighted by Crippen LogP contribution is 2.34. The second kappa shape index (κ2) is 17.0. The molecule has 4 nitrogen and oxygen atoms in total. The molecule has 262 valence electrons. The van der Waals surface area contributed by atoms with Crippen molar-refractivity contribution in [3.8, 4) is 23.7 Å². The maximum atomic E-state index is 13.8. The maximum absolute atomic E-state index is 13.8. The molecule has 0 amide bonds. The van der Waals surface area contributed by atoms with Crippen LogP contribution >= 0.6 is 0 Å². The first-order valence-corrected chi connectivity index (χ1v) is 17.7. The van der Waals surface area contributed by atoms with Crippen molar-refractivity contribution in [1.82, 2.24) is 9.97 Å². The molecule has 0 bridgehead atoms. The van der Waals surface area contributed by atoms with E-state index in [2.05, 4.69) is 61.3 Å². The number of carbonyl (C=O) groups excluding carboxylic acids is 2. The third-order valence-corrected chi connectivity index (χ3v) is 9.25. The summed E-state index contributed by atoms with van der Waals surface area (Å²) in [4.78, 5) is 34.4. The molecule has 1 fully saturated rings. The summed E-state index contributed by atoms with van der Waals surface area (Å²) in [6, 6.07) is 13.5. The first kappa shape index (κ1) is 38.4. The van der Waals surface area contributed by atoms with Crippen molar-refractivity contribution < 1.29 is 18.4 Å². The van der Waals surface area contributed by atoms with Crippen LogP contribution in [0.3, 0.4) is 0 Å². The van der Waals surface area contributed by atoms with Gasteiger partial charge < -0.3 is 0 Å². The van der Waals surface area contributed by atoms with E-state index in [9.17, 15) is 18.4 Å². The zero-order valence-electron chi connectivity index (χ0n) is 30.6. The minimum absolute atomic E-state index is 0.163. The van der Waals surface area contributed by atoms with Gasteiger partial charge in [0, 0.05) is 65.6 Å². The number of halogens is 2. The van der Waals surface area contributed by atoms with Gasteiger partial charge in [-0.2, -0.15) is 0 Å². The molecule has 0 aliphatic heterocycles. The van der Waals surface area contributed by atoms with Gasteiger partial charge in [0.05, 0.1) is 0 Å². The molecule has 2 aromatic carbocycles. The zero-order valence-corrected chi connectivity index (χ0v) is 30.6. The first-order valence-electron chi connectivity index (χ1n) is 17.7. The monoisotopic (exact) mass is 676 g/mol. The van der Waals surface area contributed by atoms with Crippen LogP contribution < -0.4 is 0 Å². The van der Waals surface area contributed by atoms with Gasteiger partial charge >= 0.3 is 0 Å². The number of para-hydroxylation sites is 2. The Morgan fingerprint density at radius 3 is 1.60 bits per heavy atom. The Morgan fingerprint density at radius 2 is 1.20 bits per heavy atom. The summed E-state index contributed by atoms with van der Waals surface area (Å²) in [5.41, 5.74) is 1.43. The Bertz CT molecular complexity index is 1960. The molecule has 2 atom stereocenters. The number of fused-ring (bicyclic) bond motifs is 2. The fourth-order valence-corrected chi connectivity index (χ4v) is 6.60. The van der Waals surface area contributed by atoms with Crippen molar-refractivity contribution in [1.29, 1.82) is 0 Å². The van der Waals surface area contributed by atoms with Gasteiger partial charge in [-0.3, -0.25) is 19.6 Å². The molecule has 0 radical (unpaired) electrons. The van der Waals surface area contributed by atoms with E-state index in [1.54, 1.807) is 31.5 Å². The highest BCUT2D eigenvalue weighted by atomic mass is 19.1. The third kappa shape index (κ3) is 10.5. The molecular formula is C44H50F2N2O2. The van der Waals surface area contributed by atoms with Crippen LogP contribution in [0.4, 0.5) is 8.78 Å². The SMILES string of the molecule is CC#CCC(C)(CC(C)C)C(=O)Cc1cnc2c(F)cccc2c1.CC(C)CC(C)(CC#CC1CC1)C(=O)Cc1cnc2c(F)cccc2c1. The molecular weight excluding hydrogens is 626 g/mol. The van der Waals surface area contributed by atoms with Crippen LogP contribution in [0.1, 0.15) is 98.1 Å². The molecule has 50 heavy (non-hydrogen) atoms. The van der Waals surface area contributed by atoms with E-state index < -0.39 is 10.8 Å². The largest absolute Gasteiger partial charge is 0.299 e. The van der Waals surface area contributed by atoms with Crippen LogP contribution in [0.25, 0.3) is 21.8 Å². The van der Waals surface area contributed by atoms with E-state index in [0.717, 1.165) is 34.7 Å². The minimum atomic E-state index is -0.464. The van der Waals surface area contributed by atoms with Gasteiger partial charge in [-0.1, -0.05) is 71.7 Å². The molecule has 6 heteroatoms. The summed E-state index contributed by atoms with van der Waals surface area (Å²) in [5.74, 6) is 13.6.